The minimum atomic E-state index is -3.75. The molecule has 1 aromatic carbocycles. The third kappa shape index (κ3) is 5.32. The Morgan fingerprint density at radius 3 is 2.35 bits per heavy atom. The van der Waals surface area contributed by atoms with Crippen molar-refractivity contribution in [3.05, 3.63) is 53.3 Å². The van der Waals surface area contributed by atoms with Gasteiger partial charge in [-0.15, -0.1) is 0 Å². The van der Waals surface area contributed by atoms with Crippen LogP contribution in [0.4, 0.5) is 0 Å². The van der Waals surface area contributed by atoms with Crippen molar-refractivity contribution in [3.8, 4) is 11.1 Å². The average molecular weight is 444 g/mol. The molecule has 0 amide bonds. The molecule has 0 spiro atoms. The van der Waals surface area contributed by atoms with Crippen LogP contribution in [-0.2, 0) is 27.7 Å². The number of sulfonamides is 1. The highest BCUT2D eigenvalue weighted by atomic mass is 32.2. The number of carboxylic acid groups (broad SMARTS) is 1. The van der Waals surface area contributed by atoms with Crippen molar-refractivity contribution >= 4 is 21.5 Å². The molecule has 7 nitrogen and oxygen atoms in total. The van der Waals surface area contributed by atoms with Gasteiger partial charge in [0.05, 0.1) is 16.1 Å². The summed E-state index contributed by atoms with van der Waals surface area (Å²) in [5.41, 5.74) is 6.15. The van der Waals surface area contributed by atoms with E-state index in [0.717, 1.165) is 65.7 Å². The summed E-state index contributed by atoms with van der Waals surface area (Å²) in [5, 5.41) is 18.9. The molecular weight excluding hydrogens is 414 g/mol. The van der Waals surface area contributed by atoms with Crippen molar-refractivity contribution in [1.82, 2.24) is 9.61 Å². The first kappa shape index (κ1) is 23.0. The Kier molecular flexibility index (Phi) is 7.12. The monoisotopic (exact) mass is 443 g/mol. The van der Waals surface area contributed by atoms with Crippen LogP contribution in [0, 0.1) is 6.92 Å². The Hall–Kier alpha value is -2.71. The van der Waals surface area contributed by atoms with Crippen LogP contribution in [0.15, 0.2) is 41.3 Å². The molecule has 0 saturated carbocycles. The second kappa shape index (κ2) is 9.62. The SMILES string of the molecule is CCc1ccc2c(-c3ccc(S(N)(=O)=O)cc3)c(CCCCCCC(=O)O)c(C)nn12. The Labute approximate surface area is 183 Å². The minimum Gasteiger partial charge on any atom is -0.481 e. The maximum atomic E-state index is 11.7. The molecule has 3 aromatic rings. The molecule has 0 aliphatic carbocycles. The van der Waals surface area contributed by atoms with E-state index in [2.05, 4.69) is 19.1 Å². The fourth-order valence-corrected chi connectivity index (χ4v) is 4.48. The summed E-state index contributed by atoms with van der Waals surface area (Å²) in [6.45, 7) is 4.09. The van der Waals surface area contributed by atoms with Gasteiger partial charge in [-0.2, -0.15) is 5.10 Å². The number of hydrogen-bond acceptors (Lipinski definition) is 4. The number of unbranched alkanes of at least 4 members (excludes halogenated alkanes) is 3. The van der Waals surface area contributed by atoms with Gasteiger partial charge in [0.2, 0.25) is 10.0 Å². The number of aliphatic carboxylic acids is 1. The molecule has 0 saturated heterocycles. The average Bonchev–Trinajstić information content (AvgIpc) is 3.12. The van der Waals surface area contributed by atoms with Gasteiger partial charge in [0.25, 0.3) is 0 Å². The van der Waals surface area contributed by atoms with Crippen LogP contribution in [0.5, 0.6) is 0 Å². The number of hydrogen-bond donors (Lipinski definition) is 2. The van der Waals surface area contributed by atoms with E-state index in [1.54, 1.807) is 12.1 Å². The summed E-state index contributed by atoms with van der Waals surface area (Å²) >= 11 is 0. The highest BCUT2D eigenvalue weighted by molar-refractivity contribution is 7.89. The van der Waals surface area contributed by atoms with Gasteiger partial charge in [0.1, 0.15) is 0 Å². The normalized spacial score (nSPS) is 11.8. The number of primary sulfonamides is 1. The number of aromatic nitrogens is 2. The maximum absolute atomic E-state index is 11.7. The van der Waals surface area contributed by atoms with Gasteiger partial charge < -0.3 is 5.11 Å². The Morgan fingerprint density at radius 1 is 1.06 bits per heavy atom. The molecule has 3 rings (SSSR count). The highest BCUT2D eigenvalue weighted by Gasteiger charge is 2.17. The first-order valence-corrected chi connectivity index (χ1v) is 12.1. The summed E-state index contributed by atoms with van der Waals surface area (Å²) in [5.74, 6) is -0.754. The first-order chi connectivity index (χ1) is 14.7. The van der Waals surface area contributed by atoms with Crippen LogP contribution in [-0.4, -0.2) is 29.1 Å². The molecular formula is C23H29N3O4S. The van der Waals surface area contributed by atoms with Crippen molar-refractivity contribution in [2.24, 2.45) is 5.14 Å². The van der Waals surface area contributed by atoms with Crippen LogP contribution in [0.25, 0.3) is 16.6 Å². The van der Waals surface area contributed by atoms with Crippen molar-refractivity contribution in [2.75, 3.05) is 0 Å². The van der Waals surface area contributed by atoms with Crippen molar-refractivity contribution in [2.45, 2.75) is 63.7 Å². The Morgan fingerprint density at radius 2 is 1.74 bits per heavy atom. The minimum absolute atomic E-state index is 0.0858. The molecule has 0 atom stereocenters. The topological polar surface area (TPSA) is 115 Å². The van der Waals surface area contributed by atoms with E-state index in [1.165, 1.54) is 12.1 Å². The van der Waals surface area contributed by atoms with Gasteiger partial charge in [-0.1, -0.05) is 31.9 Å². The quantitative estimate of drug-likeness (QED) is 0.458. The van der Waals surface area contributed by atoms with Gasteiger partial charge in [-0.05, 0) is 68.0 Å². The maximum Gasteiger partial charge on any atom is 0.303 e. The number of rotatable bonds is 10. The lowest BCUT2D eigenvalue weighted by molar-refractivity contribution is -0.137. The van der Waals surface area contributed by atoms with Gasteiger partial charge in [0.15, 0.2) is 0 Å². The van der Waals surface area contributed by atoms with Crippen LogP contribution in [0.1, 0.15) is 56.0 Å². The van der Waals surface area contributed by atoms with Crippen LogP contribution < -0.4 is 5.14 Å². The molecule has 31 heavy (non-hydrogen) atoms. The molecule has 8 heteroatoms. The smallest absolute Gasteiger partial charge is 0.303 e. The molecule has 0 fully saturated rings. The molecule has 0 radical (unpaired) electrons. The first-order valence-electron chi connectivity index (χ1n) is 10.6. The molecule has 3 N–H and O–H groups in total. The van der Waals surface area contributed by atoms with E-state index in [4.69, 9.17) is 15.3 Å². The zero-order chi connectivity index (χ0) is 22.6. The number of nitrogens with two attached hydrogens (primary N) is 1. The fraction of sp³-hybridized carbons (Fsp3) is 0.391. The van der Waals surface area contributed by atoms with E-state index in [-0.39, 0.29) is 11.3 Å². The number of carbonyl (C=O) groups is 1. The van der Waals surface area contributed by atoms with Crippen LogP contribution >= 0.6 is 0 Å². The zero-order valence-corrected chi connectivity index (χ0v) is 18.8. The van der Waals surface area contributed by atoms with Gasteiger partial charge in [-0.3, -0.25) is 4.79 Å². The summed E-state index contributed by atoms with van der Waals surface area (Å²) in [4.78, 5) is 10.8. The summed E-state index contributed by atoms with van der Waals surface area (Å²) < 4.78 is 25.3. The third-order valence-electron chi connectivity index (χ3n) is 5.58. The van der Waals surface area contributed by atoms with E-state index < -0.39 is 16.0 Å². The molecule has 0 unspecified atom stereocenters. The lowest BCUT2D eigenvalue weighted by atomic mass is 9.94. The van der Waals surface area contributed by atoms with Crippen molar-refractivity contribution < 1.29 is 18.3 Å². The second-order valence-corrected chi connectivity index (χ2v) is 9.35. The number of aryl methyl sites for hydroxylation is 2. The number of nitrogens with zero attached hydrogens (tertiary/aromatic N) is 2. The molecule has 166 valence electrons. The van der Waals surface area contributed by atoms with E-state index >= 15 is 0 Å². The Balaban J connectivity index is 1.97. The lowest BCUT2D eigenvalue weighted by Crippen LogP contribution is -2.12. The second-order valence-electron chi connectivity index (χ2n) is 7.79. The largest absolute Gasteiger partial charge is 0.481 e. The standard InChI is InChI=1S/C23H29N3O4S/c1-3-18-12-15-21-23(17-10-13-19(14-11-17)31(24,29)30)20(16(2)25-26(18)21)8-6-4-5-7-9-22(27)28/h10-15H,3-9H2,1-2H3,(H,27,28)(H2,24,29,30). The molecule has 0 aliphatic rings. The zero-order valence-electron chi connectivity index (χ0n) is 18.0. The van der Waals surface area contributed by atoms with Gasteiger partial charge in [0, 0.05) is 17.7 Å². The molecule has 2 aromatic heterocycles. The third-order valence-corrected chi connectivity index (χ3v) is 6.51. The van der Waals surface area contributed by atoms with Crippen LogP contribution in [0.3, 0.4) is 0 Å². The summed E-state index contributed by atoms with van der Waals surface area (Å²) in [7, 11) is -3.75. The fourth-order valence-electron chi connectivity index (χ4n) is 3.96. The number of carboxylic acids is 1. The molecule has 0 aliphatic heterocycles. The number of fused-ring (bicyclic) bond motifs is 1. The predicted octanol–water partition coefficient (Wildman–Crippen LogP) is 4.10. The van der Waals surface area contributed by atoms with Crippen molar-refractivity contribution in [1.29, 1.82) is 0 Å². The summed E-state index contributed by atoms with van der Waals surface area (Å²) in [6, 6.07) is 10.8. The Bertz CT molecular complexity index is 1180. The molecule has 0 bridgehead atoms. The van der Waals surface area contributed by atoms with Gasteiger partial charge in [-0.25, -0.2) is 18.1 Å². The highest BCUT2D eigenvalue weighted by Crippen LogP contribution is 2.33. The van der Waals surface area contributed by atoms with E-state index in [9.17, 15) is 13.2 Å². The number of benzene rings is 1. The molecule has 2 heterocycles. The van der Waals surface area contributed by atoms with Gasteiger partial charge >= 0.3 is 5.97 Å². The van der Waals surface area contributed by atoms with Crippen molar-refractivity contribution in [3.63, 3.8) is 0 Å². The van der Waals surface area contributed by atoms with E-state index in [1.807, 2.05) is 11.4 Å². The van der Waals surface area contributed by atoms with E-state index in [0.29, 0.717) is 6.42 Å². The van der Waals surface area contributed by atoms with Crippen LogP contribution in [0.2, 0.25) is 0 Å². The lowest BCUT2D eigenvalue weighted by Gasteiger charge is -2.16. The predicted molar refractivity (Wildman–Crippen MR) is 121 cm³/mol. The summed E-state index contributed by atoms with van der Waals surface area (Å²) in [6.07, 6.45) is 5.33.